The molecule has 11 aromatic carbocycles. The van der Waals surface area contributed by atoms with E-state index in [2.05, 4.69) is 292 Å². The molecule has 0 saturated carbocycles. The number of anilines is 3. The number of hydrogen-bond acceptors (Lipinski definition) is 1. The average molecular weight is 906 g/mol. The molecule has 0 bridgehead atoms. The van der Waals surface area contributed by atoms with Crippen LogP contribution in [0, 0.1) is 0 Å². The van der Waals surface area contributed by atoms with Crippen LogP contribution in [0.1, 0.15) is 47.2 Å². The molecule has 71 heavy (non-hydrogen) atoms. The first kappa shape index (κ1) is 42.3. The van der Waals surface area contributed by atoms with Crippen LogP contribution in [0.25, 0.3) is 66.8 Å². The van der Waals surface area contributed by atoms with Gasteiger partial charge in [0.2, 0.25) is 0 Å². The predicted molar refractivity (Wildman–Crippen MR) is 298 cm³/mol. The molecule has 336 valence electrons. The Bertz CT molecular complexity index is 3690. The molecule has 0 saturated heterocycles. The topological polar surface area (TPSA) is 3.24 Å². The summed E-state index contributed by atoms with van der Waals surface area (Å²) in [4.78, 5) is 2.51. The van der Waals surface area contributed by atoms with Crippen LogP contribution >= 0.6 is 0 Å². The second kappa shape index (κ2) is 17.0. The minimum atomic E-state index is -0.648. The van der Waals surface area contributed by atoms with Crippen LogP contribution in [0.3, 0.4) is 0 Å². The molecule has 0 heterocycles. The number of rotatable bonds is 9. The lowest BCUT2D eigenvalue weighted by atomic mass is 9.67. The normalized spacial score (nSPS) is 13.4. The number of nitrogens with zero attached hydrogens (tertiary/aromatic N) is 1. The Hall–Kier alpha value is -8.78. The first-order valence-electron chi connectivity index (χ1n) is 24.8. The average Bonchev–Trinajstić information content (AvgIpc) is 3.87. The third-order valence-corrected chi connectivity index (χ3v) is 15.4. The highest BCUT2D eigenvalue weighted by Gasteiger charge is 2.48. The third-order valence-electron chi connectivity index (χ3n) is 15.4. The second-order valence-corrected chi connectivity index (χ2v) is 19.6. The van der Waals surface area contributed by atoms with Crippen LogP contribution in [0.4, 0.5) is 17.1 Å². The quantitative estimate of drug-likeness (QED) is 0.139. The first-order chi connectivity index (χ1) is 35.0. The minimum Gasteiger partial charge on any atom is -0.310 e. The van der Waals surface area contributed by atoms with Crippen molar-refractivity contribution in [3.63, 3.8) is 0 Å². The van der Waals surface area contributed by atoms with E-state index in [9.17, 15) is 0 Å². The summed E-state index contributed by atoms with van der Waals surface area (Å²) in [7, 11) is 0. The monoisotopic (exact) mass is 905 g/mol. The van der Waals surface area contributed by atoms with Gasteiger partial charge in [-0.1, -0.05) is 238 Å². The van der Waals surface area contributed by atoms with Crippen LogP contribution < -0.4 is 4.90 Å². The summed E-state index contributed by atoms with van der Waals surface area (Å²) in [6.45, 7) is 4.72. The van der Waals surface area contributed by atoms with Gasteiger partial charge in [-0.25, -0.2) is 0 Å². The van der Waals surface area contributed by atoms with Crippen LogP contribution in [0.15, 0.2) is 273 Å². The molecule has 1 heteroatoms. The first-order valence-corrected chi connectivity index (χ1v) is 24.8. The number of fused-ring (bicyclic) bond motifs is 6. The molecule has 2 aliphatic rings. The van der Waals surface area contributed by atoms with Gasteiger partial charge >= 0.3 is 0 Å². The summed E-state index contributed by atoms with van der Waals surface area (Å²) in [5.74, 6) is 0. The van der Waals surface area contributed by atoms with Gasteiger partial charge in [-0.05, 0) is 143 Å². The third kappa shape index (κ3) is 6.91. The summed E-state index contributed by atoms with van der Waals surface area (Å²) in [6, 6.07) is 101. The van der Waals surface area contributed by atoms with Gasteiger partial charge in [0.05, 0.1) is 11.1 Å². The van der Waals surface area contributed by atoms with E-state index in [0.717, 1.165) is 22.6 Å². The van der Waals surface area contributed by atoms with Crippen molar-refractivity contribution >= 4 is 17.1 Å². The summed E-state index contributed by atoms with van der Waals surface area (Å²) >= 11 is 0. The molecule has 0 aromatic heterocycles. The number of hydrogen-bond donors (Lipinski definition) is 0. The van der Waals surface area contributed by atoms with E-state index >= 15 is 0 Å². The molecule has 0 unspecified atom stereocenters. The van der Waals surface area contributed by atoms with Crippen molar-refractivity contribution in [2.75, 3.05) is 4.90 Å². The van der Waals surface area contributed by atoms with E-state index in [1.807, 2.05) is 0 Å². The molecule has 0 amide bonds. The molecule has 0 fully saturated rings. The van der Waals surface area contributed by atoms with Crippen LogP contribution in [0.5, 0.6) is 0 Å². The standard InChI is InChI=1S/C70H51N/c1-69(2)63-31-19-18-30-60(63)61-42-36-53(44-64(61)69)52-34-40-59(41-35-52)71(58-38-32-51(33-39-58)48-20-8-3-9-21-48)67-47-55(50-24-12-5-13-25-50)46-66-68(67)62-43-37-54(49-22-10-4-11-23-49)45-65(62)70(66,56-26-14-6-15-27-56)57-28-16-7-17-29-57/h3-47H,1-2H3. The molecule has 11 aromatic rings. The van der Waals surface area contributed by atoms with Crippen molar-refractivity contribution < 1.29 is 0 Å². The predicted octanol–water partition coefficient (Wildman–Crippen LogP) is 18.5. The SMILES string of the molecule is CC1(C)c2ccccc2-c2ccc(-c3ccc(N(c4ccc(-c5ccccc5)cc4)c4cc(-c5ccccc5)cc5c4-c4ccc(-c6ccccc6)cc4C5(c4ccccc4)c4ccccc4)cc3)cc21. The summed E-state index contributed by atoms with van der Waals surface area (Å²) in [5.41, 5.74) is 25.0. The fourth-order valence-corrected chi connectivity index (χ4v) is 11.9. The van der Waals surface area contributed by atoms with E-state index in [1.165, 1.54) is 94.6 Å². The molecule has 0 aliphatic heterocycles. The van der Waals surface area contributed by atoms with Crippen LogP contribution in [0.2, 0.25) is 0 Å². The molecule has 0 N–H and O–H groups in total. The van der Waals surface area contributed by atoms with Crippen molar-refractivity contribution in [2.24, 2.45) is 0 Å². The van der Waals surface area contributed by atoms with Gasteiger partial charge in [-0.15, -0.1) is 0 Å². The van der Waals surface area contributed by atoms with E-state index < -0.39 is 5.41 Å². The highest BCUT2D eigenvalue weighted by molar-refractivity contribution is 6.00. The molecular formula is C70H51N. The van der Waals surface area contributed by atoms with Gasteiger partial charge in [0, 0.05) is 22.4 Å². The van der Waals surface area contributed by atoms with Crippen molar-refractivity contribution in [1.29, 1.82) is 0 Å². The Balaban J connectivity index is 1.07. The lowest BCUT2D eigenvalue weighted by molar-refractivity contribution is 0.660. The highest BCUT2D eigenvalue weighted by Crippen LogP contribution is 2.61. The van der Waals surface area contributed by atoms with Gasteiger partial charge in [0.25, 0.3) is 0 Å². The molecule has 0 radical (unpaired) electrons. The molecule has 2 aliphatic carbocycles. The molecule has 0 atom stereocenters. The Morgan fingerprint density at radius 2 is 0.648 bits per heavy atom. The summed E-state index contributed by atoms with van der Waals surface area (Å²) < 4.78 is 0. The lowest BCUT2D eigenvalue weighted by Gasteiger charge is -2.35. The fraction of sp³-hybridized carbons (Fsp3) is 0.0571. The Morgan fingerprint density at radius 3 is 1.20 bits per heavy atom. The number of benzene rings is 11. The van der Waals surface area contributed by atoms with Gasteiger partial charge in [-0.2, -0.15) is 0 Å². The van der Waals surface area contributed by atoms with Crippen LogP contribution in [-0.2, 0) is 10.8 Å². The van der Waals surface area contributed by atoms with Crippen molar-refractivity contribution in [3.05, 3.63) is 306 Å². The zero-order chi connectivity index (χ0) is 47.5. The highest BCUT2D eigenvalue weighted by atomic mass is 15.1. The largest absolute Gasteiger partial charge is 0.310 e. The van der Waals surface area contributed by atoms with Gasteiger partial charge in [0.15, 0.2) is 0 Å². The lowest BCUT2D eigenvalue weighted by Crippen LogP contribution is -2.28. The smallest absolute Gasteiger partial charge is 0.0714 e. The molecule has 1 nitrogen and oxygen atoms in total. The van der Waals surface area contributed by atoms with Gasteiger partial charge in [0.1, 0.15) is 0 Å². The zero-order valence-electron chi connectivity index (χ0n) is 39.9. The van der Waals surface area contributed by atoms with E-state index in [1.54, 1.807) is 0 Å². The Morgan fingerprint density at radius 1 is 0.268 bits per heavy atom. The maximum Gasteiger partial charge on any atom is 0.0714 e. The molecular weight excluding hydrogens is 855 g/mol. The minimum absolute atomic E-state index is 0.0817. The van der Waals surface area contributed by atoms with Crippen molar-refractivity contribution in [1.82, 2.24) is 0 Å². The zero-order valence-corrected chi connectivity index (χ0v) is 39.9. The van der Waals surface area contributed by atoms with E-state index in [4.69, 9.17) is 0 Å². The van der Waals surface area contributed by atoms with E-state index in [0.29, 0.717) is 0 Å². The Kier molecular flexibility index (Phi) is 10.1. The molecule has 0 spiro atoms. The molecule has 13 rings (SSSR count). The fourth-order valence-electron chi connectivity index (χ4n) is 11.9. The van der Waals surface area contributed by atoms with E-state index in [-0.39, 0.29) is 5.41 Å². The van der Waals surface area contributed by atoms with Gasteiger partial charge in [-0.3, -0.25) is 0 Å². The Labute approximate surface area is 417 Å². The summed E-state index contributed by atoms with van der Waals surface area (Å²) in [6.07, 6.45) is 0. The van der Waals surface area contributed by atoms with Crippen molar-refractivity contribution in [2.45, 2.75) is 24.7 Å². The van der Waals surface area contributed by atoms with Crippen molar-refractivity contribution in [3.8, 4) is 66.8 Å². The maximum atomic E-state index is 2.51. The summed E-state index contributed by atoms with van der Waals surface area (Å²) in [5, 5.41) is 0. The van der Waals surface area contributed by atoms with Gasteiger partial charge < -0.3 is 4.90 Å². The maximum absolute atomic E-state index is 2.51. The van der Waals surface area contributed by atoms with Crippen LogP contribution in [-0.4, -0.2) is 0 Å². The second-order valence-electron chi connectivity index (χ2n) is 19.6.